The zero-order valence-electron chi connectivity index (χ0n) is 17.9. The maximum absolute atomic E-state index is 11.6. The molecule has 31 heavy (non-hydrogen) atoms. The van der Waals surface area contributed by atoms with E-state index in [1.54, 1.807) is 0 Å². The van der Waals surface area contributed by atoms with E-state index in [0.717, 1.165) is 0 Å². The van der Waals surface area contributed by atoms with Gasteiger partial charge in [0.1, 0.15) is 0 Å². The second kappa shape index (κ2) is 13.9. The van der Waals surface area contributed by atoms with Crippen molar-refractivity contribution in [1.29, 1.82) is 0 Å². The molecule has 1 rings (SSSR count). The summed E-state index contributed by atoms with van der Waals surface area (Å²) in [7, 11) is 0. The molecule has 1 heterocycles. The van der Waals surface area contributed by atoms with Crippen LogP contribution in [0.25, 0.3) is 0 Å². The highest BCUT2D eigenvalue weighted by molar-refractivity contribution is 5.77. The molecule has 9 N–H and O–H groups in total. The Balaban J connectivity index is 3.14. The van der Waals surface area contributed by atoms with Crippen molar-refractivity contribution in [3.63, 3.8) is 0 Å². The van der Waals surface area contributed by atoms with Gasteiger partial charge in [-0.15, -0.1) is 0 Å². The van der Waals surface area contributed by atoms with Gasteiger partial charge >= 0.3 is 0 Å². The molecule has 0 aromatic rings. The highest BCUT2D eigenvalue weighted by atomic mass is 16.3. The van der Waals surface area contributed by atoms with E-state index in [9.17, 15) is 24.3 Å². The molecule has 1 fully saturated rings. The van der Waals surface area contributed by atoms with E-state index in [1.807, 2.05) is 19.6 Å². The fourth-order valence-electron chi connectivity index (χ4n) is 3.70. The number of hydrogen-bond acceptors (Lipinski definition) is 9. The van der Waals surface area contributed by atoms with Gasteiger partial charge in [-0.2, -0.15) is 0 Å². The number of nitrogens with two attached hydrogens (primary N) is 4. The lowest BCUT2D eigenvalue weighted by molar-refractivity contribution is -0.122. The Morgan fingerprint density at radius 2 is 1.03 bits per heavy atom. The standard InChI is InChI=1S/C18H36N8O5/c19-15(28)10-23-2-3-24(11-16(20)29)6-7-26(13-18(22)31)14(1-8-27)9-25(5-4-23)12-17(21)30/h14,27H,1-13H2,(H2,19,28)(H2,20,29)(H2,21,30)(H2,22,31). The fraction of sp³-hybridized carbons (Fsp3) is 0.778. The van der Waals surface area contributed by atoms with Gasteiger partial charge in [-0.25, -0.2) is 0 Å². The Labute approximate surface area is 182 Å². The van der Waals surface area contributed by atoms with Crippen molar-refractivity contribution < 1.29 is 24.3 Å². The van der Waals surface area contributed by atoms with E-state index < -0.39 is 23.6 Å². The highest BCUT2D eigenvalue weighted by Gasteiger charge is 2.26. The molecular weight excluding hydrogens is 408 g/mol. The summed E-state index contributed by atoms with van der Waals surface area (Å²) in [4.78, 5) is 53.5. The fourth-order valence-corrected chi connectivity index (χ4v) is 3.70. The van der Waals surface area contributed by atoms with Crippen molar-refractivity contribution >= 4 is 23.6 Å². The molecule has 1 saturated heterocycles. The minimum Gasteiger partial charge on any atom is -0.396 e. The molecule has 0 bridgehead atoms. The molecule has 1 atom stereocenters. The highest BCUT2D eigenvalue weighted by Crippen LogP contribution is 2.09. The van der Waals surface area contributed by atoms with Crippen LogP contribution in [0.5, 0.6) is 0 Å². The van der Waals surface area contributed by atoms with E-state index >= 15 is 0 Å². The van der Waals surface area contributed by atoms with Gasteiger partial charge in [0.2, 0.25) is 23.6 Å². The summed E-state index contributed by atoms with van der Waals surface area (Å²) in [6.45, 7) is 2.80. The van der Waals surface area contributed by atoms with Gasteiger partial charge in [-0.1, -0.05) is 0 Å². The van der Waals surface area contributed by atoms with E-state index in [1.165, 1.54) is 0 Å². The van der Waals surface area contributed by atoms with E-state index in [2.05, 4.69) is 0 Å². The summed E-state index contributed by atoms with van der Waals surface area (Å²) in [5.74, 6) is -2.01. The van der Waals surface area contributed by atoms with Gasteiger partial charge < -0.3 is 28.0 Å². The van der Waals surface area contributed by atoms with Crippen LogP contribution < -0.4 is 22.9 Å². The van der Waals surface area contributed by atoms with E-state index in [4.69, 9.17) is 22.9 Å². The minimum absolute atomic E-state index is 0.00937. The number of aliphatic hydroxyl groups is 1. The number of nitrogens with zero attached hydrogens (tertiary/aromatic N) is 4. The summed E-state index contributed by atoms with van der Waals surface area (Å²) < 4.78 is 0. The molecule has 0 aromatic heterocycles. The molecule has 4 amide bonds. The smallest absolute Gasteiger partial charge is 0.231 e. The van der Waals surface area contributed by atoms with E-state index in [-0.39, 0.29) is 38.8 Å². The minimum atomic E-state index is -0.523. The summed E-state index contributed by atoms with van der Waals surface area (Å²) in [6, 6.07) is -0.281. The van der Waals surface area contributed by atoms with Crippen LogP contribution >= 0.6 is 0 Å². The number of aliphatic hydroxyl groups excluding tert-OH is 1. The summed E-state index contributed by atoms with van der Waals surface area (Å²) in [6.07, 6.45) is 0.351. The third-order valence-corrected chi connectivity index (χ3v) is 5.11. The largest absolute Gasteiger partial charge is 0.396 e. The molecule has 178 valence electrons. The van der Waals surface area contributed by atoms with E-state index in [0.29, 0.717) is 52.2 Å². The number of primary amides is 4. The number of hydrogen-bond donors (Lipinski definition) is 5. The van der Waals surface area contributed by atoms with Crippen molar-refractivity contribution in [3.05, 3.63) is 0 Å². The monoisotopic (exact) mass is 444 g/mol. The Morgan fingerprint density at radius 3 is 1.45 bits per heavy atom. The molecule has 0 spiro atoms. The van der Waals surface area contributed by atoms with Crippen molar-refractivity contribution in [2.45, 2.75) is 12.5 Å². The number of carbonyl (C=O) groups excluding carboxylic acids is 4. The second-order valence-electron chi connectivity index (χ2n) is 7.79. The van der Waals surface area contributed by atoms with Crippen LogP contribution in [0.4, 0.5) is 0 Å². The van der Waals surface area contributed by atoms with Gasteiger partial charge in [-0.3, -0.25) is 38.8 Å². The zero-order chi connectivity index (χ0) is 23.4. The lowest BCUT2D eigenvalue weighted by Crippen LogP contribution is -2.54. The lowest BCUT2D eigenvalue weighted by Gasteiger charge is -2.37. The molecule has 0 aliphatic carbocycles. The quantitative estimate of drug-likeness (QED) is 0.218. The first-order valence-electron chi connectivity index (χ1n) is 10.3. The van der Waals surface area contributed by atoms with Crippen LogP contribution in [0, 0.1) is 0 Å². The Hall–Kier alpha value is -2.32. The van der Waals surface area contributed by atoms with Crippen LogP contribution in [0.1, 0.15) is 6.42 Å². The average molecular weight is 445 g/mol. The van der Waals surface area contributed by atoms with Gasteiger partial charge in [0.25, 0.3) is 0 Å². The van der Waals surface area contributed by atoms with Crippen LogP contribution in [-0.2, 0) is 19.2 Å². The maximum atomic E-state index is 11.6. The third kappa shape index (κ3) is 11.6. The van der Waals surface area contributed by atoms with Crippen molar-refractivity contribution in [3.8, 4) is 0 Å². The average Bonchev–Trinajstić information content (AvgIpc) is 2.63. The normalized spacial score (nSPS) is 21.1. The SMILES string of the molecule is NC(=O)CN1CCN(CC(N)=O)CCN(CC(N)=O)C(CCO)CN(CC(N)=O)CC1. The second-order valence-corrected chi connectivity index (χ2v) is 7.79. The Morgan fingerprint density at radius 1 is 0.645 bits per heavy atom. The Bertz CT molecular complexity index is 620. The first kappa shape index (κ1) is 26.7. The van der Waals surface area contributed by atoms with Crippen molar-refractivity contribution in [2.24, 2.45) is 22.9 Å². The van der Waals surface area contributed by atoms with Crippen molar-refractivity contribution in [1.82, 2.24) is 19.6 Å². The number of carbonyl (C=O) groups is 4. The third-order valence-electron chi connectivity index (χ3n) is 5.11. The molecule has 1 aliphatic rings. The van der Waals surface area contributed by atoms with Gasteiger partial charge in [0, 0.05) is 58.5 Å². The molecule has 13 heteroatoms. The summed E-state index contributed by atoms with van der Waals surface area (Å²) in [5.41, 5.74) is 21.6. The van der Waals surface area contributed by atoms with Gasteiger partial charge in [0.05, 0.1) is 26.2 Å². The van der Waals surface area contributed by atoms with Crippen LogP contribution in [0.15, 0.2) is 0 Å². The van der Waals surface area contributed by atoms with Gasteiger partial charge in [-0.05, 0) is 6.42 Å². The molecule has 13 nitrogen and oxygen atoms in total. The van der Waals surface area contributed by atoms with Crippen LogP contribution in [0.3, 0.4) is 0 Å². The van der Waals surface area contributed by atoms with Gasteiger partial charge in [0.15, 0.2) is 0 Å². The molecular formula is C18H36N8O5. The first-order chi connectivity index (χ1) is 14.6. The topological polar surface area (TPSA) is 206 Å². The molecule has 0 radical (unpaired) electrons. The molecule has 1 aliphatic heterocycles. The predicted molar refractivity (Wildman–Crippen MR) is 113 cm³/mol. The Kier molecular flexibility index (Phi) is 12.0. The van der Waals surface area contributed by atoms with Crippen LogP contribution in [0.2, 0.25) is 0 Å². The number of rotatable bonds is 10. The van der Waals surface area contributed by atoms with Crippen molar-refractivity contribution in [2.75, 3.05) is 78.6 Å². The molecule has 1 unspecified atom stereocenters. The molecule has 0 saturated carbocycles. The zero-order valence-corrected chi connectivity index (χ0v) is 17.9. The first-order valence-corrected chi connectivity index (χ1v) is 10.3. The summed E-state index contributed by atoms with van der Waals surface area (Å²) in [5, 5.41) is 9.56. The maximum Gasteiger partial charge on any atom is 0.231 e. The molecule has 0 aromatic carbocycles. The lowest BCUT2D eigenvalue weighted by atomic mass is 10.1. The predicted octanol–water partition coefficient (Wildman–Crippen LogP) is -5.10. The summed E-state index contributed by atoms with van der Waals surface area (Å²) >= 11 is 0. The van der Waals surface area contributed by atoms with Crippen LogP contribution in [-0.4, -0.2) is 133 Å². The number of amides is 4.